The van der Waals surface area contributed by atoms with Crippen molar-refractivity contribution in [2.24, 2.45) is 0 Å². The van der Waals surface area contributed by atoms with Gasteiger partial charge in [0.05, 0.1) is 5.75 Å². The zero-order chi connectivity index (χ0) is 14.4. The second-order valence-corrected chi connectivity index (χ2v) is 7.60. The number of hydrogen-bond acceptors (Lipinski definition) is 4. The molecule has 114 valence electrons. The minimum Gasteiger partial charge on any atom is -0.317 e. The SMILES string of the molecule is CCNCCCS(=O)(=O)NCC1(N(C)C)CCCC1. The van der Waals surface area contributed by atoms with Crippen molar-refractivity contribution in [1.29, 1.82) is 0 Å². The van der Waals surface area contributed by atoms with Crippen LogP contribution < -0.4 is 10.0 Å². The molecule has 0 heterocycles. The van der Waals surface area contributed by atoms with E-state index >= 15 is 0 Å². The highest BCUT2D eigenvalue weighted by Crippen LogP contribution is 2.33. The third-order valence-electron chi connectivity index (χ3n) is 4.12. The number of sulfonamides is 1. The monoisotopic (exact) mass is 291 g/mol. The van der Waals surface area contributed by atoms with Crippen molar-refractivity contribution in [2.45, 2.75) is 44.6 Å². The molecule has 0 aliphatic heterocycles. The van der Waals surface area contributed by atoms with Crippen molar-refractivity contribution < 1.29 is 8.42 Å². The molecule has 0 saturated heterocycles. The van der Waals surface area contributed by atoms with Gasteiger partial charge in [0, 0.05) is 12.1 Å². The van der Waals surface area contributed by atoms with Gasteiger partial charge in [-0.15, -0.1) is 0 Å². The van der Waals surface area contributed by atoms with Crippen molar-refractivity contribution in [3.05, 3.63) is 0 Å². The Labute approximate surface area is 118 Å². The standard InChI is InChI=1S/C13H29N3O2S/c1-4-14-10-7-11-19(17,18)15-12-13(16(2)3)8-5-6-9-13/h14-15H,4-12H2,1-3H3. The maximum absolute atomic E-state index is 12.0. The molecule has 0 aromatic carbocycles. The third kappa shape index (κ3) is 5.38. The molecule has 0 radical (unpaired) electrons. The Morgan fingerprint density at radius 1 is 1.21 bits per heavy atom. The normalized spacial score (nSPS) is 19.2. The van der Waals surface area contributed by atoms with Gasteiger partial charge in [-0.1, -0.05) is 19.8 Å². The summed E-state index contributed by atoms with van der Waals surface area (Å²) < 4.78 is 26.7. The van der Waals surface area contributed by atoms with Gasteiger partial charge in [0.1, 0.15) is 0 Å². The first-order chi connectivity index (χ1) is 8.92. The lowest BCUT2D eigenvalue weighted by Gasteiger charge is -2.36. The van der Waals surface area contributed by atoms with Crippen molar-refractivity contribution >= 4 is 10.0 Å². The number of rotatable bonds is 9. The van der Waals surface area contributed by atoms with E-state index in [4.69, 9.17) is 0 Å². The van der Waals surface area contributed by atoms with Gasteiger partial charge in [0.2, 0.25) is 10.0 Å². The van der Waals surface area contributed by atoms with Gasteiger partial charge >= 0.3 is 0 Å². The quantitative estimate of drug-likeness (QED) is 0.616. The molecule has 0 spiro atoms. The van der Waals surface area contributed by atoms with E-state index in [1.807, 2.05) is 21.0 Å². The van der Waals surface area contributed by atoms with Crippen LogP contribution in [0.1, 0.15) is 39.0 Å². The summed E-state index contributed by atoms with van der Waals surface area (Å²) in [7, 11) is 0.955. The molecule has 1 fully saturated rings. The van der Waals surface area contributed by atoms with Crippen molar-refractivity contribution in [2.75, 3.05) is 39.5 Å². The molecule has 19 heavy (non-hydrogen) atoms. The highest BCUT2D eigenvalue weighted by molar-refractivity contribution is 7.89. The first-order valence-electron chi connectivity index (χ1n) is 7.27. The van der Waals surface area contributed by atoms with Crippen molar-refractivity contribution in [3.8, 4) is 0 Å². The Hall–Kier alpha value is -0.170. The van der Waals surface area contributed by atoms with Crippen molar-refractivity contribution in [3.63, 3.8) is 0 Å². The Balaban J connectivity index is 2.41. The molecule has 0 aromatic rings. The van der Waals surface area contributed by atoms with E-state index < -0.39 is 10.0 Å². The third-order valence-corrected chi connectivity index (χ3v) is 5.53. The van der Waals surface area contributed by atoms with Gasteiger partial charge in [0.15, 0.2) is 0 Å². The lowest BCUT2D eigenvalue weighted by molar-refractivity contribution is 0.162. The van der Waals surface area contributed by atoms with Gasteiger partial charge in [-0.25, -0.2) is 13.1 Å². The van der Waals surface area contributed by atoms with Crippen LogP contribution >= 0.6 is 0 Å². The summed E-state index contributed by atoms with van der Waals surface area (Å²) in [6, 6.07) is 0. The van der Waals surface area contributed by atoms with Gasteiger partial charge in [-0.3, -0.25) is 0 Å². The summed E-state index contributed by atoms with van der Waals surface area (Å²) in [5.74, 6) is 0.212. The average molecular weight is 291 g/mol. The molecule has 1 rings (SSSR count). The molecular weight excluding hydrogens is 262 g/mol. The van der Waals surface area contributed by atoms with Gasteiger partial charge < -0.3 is 10.2 Å². The van der Waals surface area contributed by atoms with E-state index in [2.05, 4.69) is 14.9 Å². The largest absolute Gasteiger partial charge is 0.317 e. The molecule has 6 heteroatoms. The molecule has 0 unspecified atom stereocenters. The van der Waals surface area contributed by atoms with Crippen LogP contribution in [0.3, 0.4) is 0 Å². The van der Waals surface area contributed by atoms with Crippen LogP contribution in [0.15, 0.2) is 0 Å². The summed E-state index contributed by atoms with van der Waals surface area (Å²) in [6.45, 7) is 4.21. The summed E-state index contributed by atoms with van der Waals surface area (Å²) in [5, 5.41) is 3.14. The van der Waals surface area contributed by atoms with E-state index in [9.17, 15) is 8.42 Å². The van der Waals surface area contributed by atoms with Crippen molar-refractivity contribution in [1.82, 2.24) is 14.9 Å². The Kier molecular flexibility index (Phi) is 6.73. The molecule has 0 bridgehead atoms. The first kappa shape index (κ1) is 16.9. The lowest BCUT2D eigenvalue weighted by Crippen LogP contribution is -2.51. The van der Waals surface area contributed by atoms with Crippen LogP contribution in [0.25, 0.3) is 0 Å². The van der Waals surface area contributed by atoms with Gasteiger partial charge in [-0.2, -0.15) is 0 Å². The maximum Gasteiger partial charge on any atom is 0.211 e. The van der Waals surface area contributed by atoms with Crippen LogP contribution in [-0.4, -0.2) is 58.3 Å². The summed E-state index contributed by atoms with van der Waals surface area (Å²) in [4.78, 5) is 2.18. The van der Waals surface area contributed by atoms with Gasteiger partial charge in [-0.05, 0) is 46.4 Å². The molecule has 2 N–H and O–H groups in total. The topological polar surface area (TPSA) is 61.4 Å². The van der Waals surface area contributed by atoms with Crippen LogP contribution in [0.5, 0.6) is 0 Å². The fraction of sp³-hybridized carbons (Fsp3) is 1.00. The zero-order valence-electron chi connectivity index (χ0n) is 12.5. The lowest BCUT2D eigenvalue weighted by atomic mass is 9.97. The number of nitrogens with zero attached hydrogens (tertiary/aromatic N) is 1. The van der Waals surface area contributed by atoms with Crippen LogP contribution in [0.2, 0.25) is 0 Å². The summed E-state index contributed by atoms with van der Waals surface area (Å²) in [6.07, 6.45) is 5.22. The molecular formula is C13H29N3O2S. The highest BCUT2D eigenvalue weighted by Gasteiger charge is 2.36. The number of hydrogen-bond donors (Lipinski definition) is 2. The van der Waals surface area contributed by atoms with Gasteiger partial charge in [0.25, 0.3) is 0 Å². The van der Waals surface area contributed by atoms with E-state index in [0.29, 0.717) is 13.0 Å². The highest BCUT2D eigenvalue weighted by atomic mass is 32.2. The summed E-state index contributed by atoms with van der Waals surface area (Å²) >= 11 is 0. The van der Waals surface area contributed by atoms with E-state index in [1.165, 1.54) is 12.8 Å². The predicted molar refractivity (Wildman–Crippen MR) is 79.8 cm³/mol. The second-order valence-electron chi connectivity index (χ2n) is 5.67. The Morgan fingerprint density at radius 2 is 1.84 bits per heavy atom. The van der Waals surface area contributed by atoms with E-state index in [1.54, 1.807) is 0 Å². The summed E-state index contributed by atoms with van der Waals surface area (Å²) in [5.41, 5.74) is 0.0226. The maximum atomic E-state index is 12.0. The molecule has 5 nitrogen and oxygen atoms in total. The fourth-order valence-electron chi connectivity index (χ4n) is 2.70. The predicted octanol–water partition coefficient (Wildman–Crippen LogP) is 0.780. The second kappa shape index (κ2) is 7.57. The fourth-order valence-corrected chi connectivity index (χ4v) is 3.85. The molecule has 1 saturated carbocycles. The van der Waals surface area contributed by atoms with Crippen LogP contribution in [0, 0.1) is 0 Å². The molecule has 0 atom stereocenters. The van der Waals surface area contributed by atoms with Crippen LogP contribution in [0.4, 0.5) is 0 Å². The Morgan fingerprint density at radius 3 is 2.37 bits per heavy atom. The average Bonchev–Trinajstić information content (AvgIpc) is 2.83. The molecule has 1 aliphatic rings. The van der Waals surface area contributed by atoms with Crippen LogP contribution in [-0.2, 0) is 10.0 Å². The first-order valence-corrected chi connectivity index (χ1v) is 8.92. The minimum atomic E-state index is -3.14. The molecule has 0 aromatic heterocycles. The zero-order valence-corrected chi connectivity index (χ0v) is 13.4. The van der Waals surface area contributed by atoms with E-state index in [-0.39, 0.29) is 11.3 Å². The smallest absolute Gasteiger partial charge is 0.211 e. The number of likely N-dealkylation sites (N-methyl/N-ethyl adjacent to an activating group) is 1. The Bertz CT molecular complexity index is 349. The minimum absolute atomic E-state index is 0.0226. The van der Waals surface area contributed by atoms with E-state index in [0.717, 1.165) is 25.9 Å². The molecule has 1 aliphatic carbocycles. The molecule has 0 amide bonds. The number of nitrogens with one attached hydrogen (secondary N) is 2.